The summed E-state index contributed by atoms with van der Waals surface area (Å²) in [6.45, 7) is 5.07. The zero-order valence-electron chi connectivity index (χ0n) is 10.1. The lowest BCUT2D eigenvalue weighted by Gasteiger charge is -2.14. The lowest BCUT2D eigenvalue weighted by molar-refractivity contribution is 0.121. The maximum Gasteiger partial charge on any atom is 0.184 e. The van der Waals surface area contributed by atoms with E-state index in [0.29, 0.717) is 6.04 Å². The first-order valence-electron chi connectivity index (χ1n) is 5.98. The number of rotatable bonds is 2. The van der Waals surface area contributed by atoms with Crippen molar-refractivity contribution in [3.63, 3.8) is 0 Å². The third-order valence-corrected chi connectivity index (χ3v) is 4.26. The largest absolute Gasteiger partial charge is 0.376 e. The summed E-state index contributed by atoms with van der Waals surface area (Å²) < 4.78 is 6.80. The Balaban J connectivity index is 1.88. The van der Waals surface area contributed by atoms with E-state index in [1.54, 1.807) is 11.3 Å². The summed E-state index contributed by atoms with van der Waals surface area (Å²) in [5.41, 5.74) is 2.36. The predicted molar refractivity (Wildman–Crippen MR) is 71.8 cm³/mol. The van der Waals surface area contributed by atoms with E-state index in [4.69, 9.17) is 4.74 Å². The molecule has 0 aliphatic carbocycles. The van der Waals surface area contributed by atoms with Gasteiger partial charge in [0.05, 0.1) is 22.4 Å². The lowest BCUT2D eigenvalue weighted by Crippen LogP contribution is -2.26. The number of ether oxygens (including phenoxy) is 1. The van der Waals surface area contributed by atoms with E-state index in [1.165, 1.54) is 10.3 Å². The van der Waals surface area contributed by atoms with E-state index in [-0.39, 0.29) is 6.10 Å². The summed E-state index contributed by atoms with van der Waals surface area (Å²) in [7, 11) is 0. The highest BCUT2D eigenvalue weighted by Gasteiger charge is 2.24. The fourth-order valence-corrected chi connectivity index (χ4v) is 3.23. The van der Waals surface area contributed by atoms with Crippen LogP contribution in [0.25, 0.3) is 10.2 Å². The molecule has 4 heteroatoms. The van der Waals surface area contributed by atoms with Crippen molar-refractivity contribution in [1.82, 2.24) is 4.98 Å². The van der Waals surface area contributed by atoms with E-state index in [2.05, 4.69) is 42.3 Å². The van der Waals surface area contributed by atoms with Gasteiger partial charge in [0, 0.05) is 6.61 Å². The minimum Gasteiger partial charge on any atom is -0.376 e. The summed E-state index contributed by atoms with van der Waals surface area (Å²) in [5.74, 6) is 0. The second kappa shape index (κ2) is 4.27. The maximum absolute atomic E-state index is 5.55. The lowest BCUT2D eigenvalue weighted by atomic mass is 10.2. The molecular weight excluding hydrogens is 232 g/mol. The van der Waals surface area contributed by atoms with Crippen LogP contribution in [-0.2, 0) is 4.74 Å². The Bertz CT molecular complexity index is 537. The van der Waals surface area contributed by atoms with Crippen LogP contribution in [0.3, 0.4) is 0 Å². The molecule has 1 aromatic heterocycles. The Morgan fingerprint density at radius 1 is 1.47 bits per heavy atom. The van der Waals surface area contributed by atoms with Gasteiger partial charge in [-0.2, -0.15) is 0 Å². The number of anilines is 1. The topological polar surface area (TPSA) is 34.1 Å². The van der Waals surface area contributed by atoms with Crippen molar-refractivity contribution in [3.8, 4) is 0 Å². The van der Waals surface area contributed by atoms with Crippen molar-refractivity contribution < 1.29 is 4.74 Å². The average Bonchev–Trinajstić information content (AvgIpc) is 2.87. The predicted octanol–water partition coefficient (Wildman–Crippen LogP) is 3.19. The first-order chi connectivity index (χ1) is 8.24. The van der Waals surface area contributed by atoms with E-state index >= 15 is 0 Å². The minimum absolute atomic E-state index is 0.281. The van der Waals surface area contributed by atoms with Crippen molar-refractivity contribution in [1.29, 1.82) is 0 Å². The molecule has 90 valence electrons. The highest BCUT2D eigenvalue weighted by Crippen LogP contribution is 2.29. The summed E-state index contributed by atoms with van der Waals surface area (Å²) in [6, 6.07) is 6.71. The van der Waals surface area contributed by atoms with Crippen molar-refractivity contribution in [2.75, 3.05) is 11.9 Å². The molecule has 2 unspecified atom stereocenters. The second-order valence-electron chi connectivity index (χ2n) is 4.56. The highest BCUT2D eigenvalue weighted by atomic mass is 32.1. The number of aryl methyl sites for hydroxylation is 1. The zero-order chi connectivity index (χ0) is 11.8. The van der Waals surface area contributed by atoms with Gasteiger partial charge in [0.15, 0.2) is 5.13 Å². The standard InChI is InChI=1S/C13H16N2OS/c1-8-4-3-5-11-12(8)15-13(17-11)14-10-6-7-16-9(10)2/h3-5,9-10H,6-7H2,1-2H3,(H,14,15). The number of thiazole rings is 1. The molecule has 1 saturated heterocycles. The van der Waals surface area contributed by atoms with E-state index < -0.39 is 0 Å². The molecule has 2 heterocycles. The van der Waals surface area contributed by atoms with E-state index in [1.807, 2.05) is 0 Å². The van der Waals surface area contributed by atoms with Crippen molar-refractivity contribution in [2.45, 2.75) is 32.4 Å². The first kappa shape index (κ1) is 11.0. The Kier molecular flexibility index (Phi) is 2.76. The van der Waals surface area contributed by atoms with Crippen LogP contribution in [0, 0.1) is 6.92 Å². The van der Waals surface area contributed by atoms with Gasteiger partial charge in [-0.05, 0) is 31.9 Å². The van der Waals surface area contributed by atoms with E-state index in [9.17, 15) is 0 Å². The van der Waals surface area contributed by atoms with Gasteiger partial charge in [-0.1, -0.05) is 23.5 Å². The number of benzene rings is 1. The number of hydrogen-bond acceptors (Lipinski definition) is 4. The van der Waals surface area contributed by atoms with Gasteiger partial charge < -0.3 is 10.1 Å². The van der Waals surface area contributed by atoms with Crippen LogP contribution in [0.15, 0.2) is 18.2 Å². The normalized spacial score (nSPS) is 24.4. The van der Waals surface area contributed by atoms with Gasteiger partial charge in [0.2, 0.25) is 0 Å². The maximum atomic E-state index is 5.55. The number of hydrogen-bond donors (Lipinski definition) is 1. The van der Waals surface area contributed by atoms with Gasteiger partial charge in [0.1, 0.15) is 0 Å². The molecule has 1 aliphatic rings. The number of nitrogens with zero attached hydrogens (tertiary/aromatic N) is 1. The van der Waals surface area contributed by atoms with Crippen LogP contribution in [0.5, 0.6) is 0 Å². The fourth-order valence-electron chi connectivity index (χ4n) is 2.23. The van der Waals surface area contributed by atoms with Crippen LogP contribution in [-0.4, -0.2) is 23.7 Å². The fraction of sp³-hybridized carbons (Fsp3) is 0.462. The molecule has 3 nitrogen and oxygen atoms in total. The van der Waals surface area contributed by atoms with Gasteiger partial charge in [-0.15, -0.1) is 0 Å². The molecule has 0 radical (unpaired) electrons. The molecule has 17 heavy (non-hydrogen) atoms. The molecule has 1 aliphatic heterocycles. The number of nitrogens with one attached hydrogen (secondary N) is 1. The Morgan fingerprint density at radius 2 is 2.35 bits per heavy atom. The van der Waals surface area contributed by atoms with Crippen LogP contribution in [0.1, 0.15) is 18.9 Å². The van der Waals surface area contributed by atoms with Gasteiger partial charge in [-0.3, -0.25) is 0 Å². The molecular formula is C13H16N2OS. The second-order valence-corrected chi connectivity index (χ2v) is 5.59. The Morgan fingerprint density at radius 3 is 3.06 bits per heavy atom. The van der Waals surface area contributed by atoms with Crippen LogP contribution in [0.2, 0.25) is 0 Å². The highest BCUT2D eigenvalue weighted by molar-refractivity contribution is 7.22. The van der Waals surface area contributed by atoms with Crippen LogP contribution < -0.4 is 5.32 Å². The molecule has 2 aromatic rings. The van der Waals surface area contributed by atoms with Crippen LogP contribution >= 0.6 is 11.3 Å². The average molecular weight is 248 g/mol. The van der Waals surface area contributed by atoms with Gasteiger partial charge >= 0.3 is 0 Å². The molecule has 0 bridgehead atoms. The molecule has 3 rings (SSSR count). The Labute approximate surface area is 105 Å². The third-order valence-electron chi connectivity index (χ3n) is 3.31. The Hall–Kier alpha value is -1.13. The third kappa shape index (κ3) is 2.03. The summed E-state index contributed by atoms with van der Waals surface area (Å²) in [4.78, 5) is 4.66. The van der Waals surface area contributed by atoms with Crippen LogP contribution in [0.4, 0.5) is 5.13 Å². The van der Waals surface area contributed by atoms with Gasteiger partial charge in [-0.25, -0.2) is 4.98 Å². The molecule has 1 fully saturated rings. The molecule has 0 spiro atoms. The zero-order valence-corrected chi connectivity index (χ0v) is 10.9. The number of fused-ring (bicyclic) bond motifs is 1. The first-order valence-corrected chi connectivity index (χ1v) is 6.80. The van der Waals surface area contributed by atoms with Crippen molar-refractivity contribution in [3.05, 3.63) is 23.8 Å². The van der Waals surface area contributed by atoms with Crippen molar-refractivity contribution >= 4 is 26.7 Å². The smallest absolute Gasteiger partial charge is 0.184 e. The molecule has 0 saturated carbocycles. The summed E-state index contributed by atoms with van der Waals surface area (Å²) >= 11 is 1.72. The van der Waals surface area contributed by atoms with Gasteiger partial charge in [0.25, 0.3) is 0 Å². The number of para-hydroxylation sites is 1. The number of aromatic nitrogens is 1. The molecule has 1 aromatic carbocycles. The monoisotopic (exact) mass is 248 g/mol. The van der Waals surface area contributed by atoms with E-state index in [0.717, 1.165) is 23.7 Å². The summed E-state index contributed by atoms with van der Waals surface area (Å²) in [6.07, 6.45) is 1.35. The molecule has 1 N–H and O–H groups in total. The molecule has 0 amide bonds. The van der Waals surface area contributed by atoms with Crippen molar-refractivity contribution in [2.24, 2.45) is 0 Å². The SMILES string of the molecule is Cc1cccc2sc(NC3CCOC3C)nc12. The quantitative estimate of drug-likeness (QED) is 0.886. The summed E-state index contributed by atoms with van der Waals surface area (Å²) in [5, 5.41) is 4.50. The minimum atomic E-state index is 0.281. The molecule has 2 atom stereocenters.